The summed E-state index contributed by atoms with van der Waals surface area (Å²) in [5, 5.41) is 21.2. The molecule has 0 aliphatic carbocycles. The van der Waals surface area contributed by atoms with Crippen molar-refractivity contribution in [2.75, 3.05) is 13.6 Å². The number of amides is 5. The van der Waals surface area contributed by atoms with Crippen molar-refractivity contribution in [1.82, 2.24) is 26.2 Å². The summed E-state index contributed by atoms with van der Waals surface area (Å²) in [7, 11) is 1.34. The third-order valence-corrected chi connectivity index (χ3v) is 10.9. The lowest BCUT2D eigenvalue weighted by molar-refractivity contribution is -0.143. The maximum Gasteiger partial charge on any atom is 0.514 e. The topological polar surface area (TPSA) is 254 Å². The lowest BCUT2D eigenvalue weighted by atomic mass is 10.0. The van der Waals surface area contributed by atoms with E-state index in [-0.39, 0.29) is 42.0 Å². The van der Waals surface area contributed by atoms with E-state index in [0.29, 0.717) is 23.4 Å². The number of hydrogen-bond acceptors (Lipinski definition) is 13. The highest BCUT2D eigenvalue weighted by molar-refractivity contribution is 6.30. The molecule has 5 N–H and O–H groups in total. The van der Waals surface area contributed by atoms with E-state index in [1.165, 1.54) is 62.5 Å². The lowest BCUT2D eigenvalue weighted by Crippen LogP contribution is -2.54. The summed E-state index contributed by atoms with van der Waals surface area (Å²) in [6.45, 7) is 16.7. The van der Waals surface area contributed by atoms with Crippen molar-refractivity contribution in [3.8, 4) is 22.6 Å². The molecule has 0 aliphatic rings. The van der Waals surface area contributed by atoms with Gasteiger partial charge in [0, 0.05) is 30.6 Å². The Morgan fingerprint density at radius 2 is 1.09 bits per heavy atom. The van der Waals surface area contributed by atoms with Crippen molar-refractivity contribution in [2.45, 2.75) is 136 Å². The lowest BCUT2D eigenvalue weighted by Gasteiger charge is -2.32. The van der Waals surface area contributed by atoms with Crippen molar-refractivity contribution in [3.05, 3.63) is 119 Å². The number of alkyl carbamates (subject to hydrolysis) is 1. The van der Waals surface area contributed by atoms with E-state index in [0.717, 1.165) is 16.0 Å². The summed E-state index contributed by atoms with van der Waals surface area (Å²) in [6.07, 6.45) is -1.98. The van der Waals surface area contributed by atoms with E-state index < -0.39 is 89.0 Å². The van der Waals surface area contributed by atoms with E-state index in [9.17, 15) is 43.5 Å². The van der Waals surface area contributed by atoms with Gasteiger partial charge in [-0.15, -0.1) is 0 Å². The molecule has 4 atom stereocenters. The highest BCUT2D eigenvalue weighted by Crippen LogP contribution is 2.27. The maximum absolute atomic E-state index is 14.8. The van der Waals surface area contributed by atoms with Crippen LogP contribution < -0.4 is 30.7 Å². The molecule has 0 fully saturated rings. The number of carboxylic acid groups (broad SMARTS) is 1. The highest BCUT2D eigenvalue weighted by Gasteiger charge is 2.35. The number of ether oxygens (including phenoxy) is 5. The van der Waals surface area contributed by atoms with Gasteiger partial charge in [0.1, 0.15) is 52.5 Å². The van der Waals surface area contributed by atoms with Crippen molar-refractivity contribution in [1.29, 1.82) is 0 Å². The fraction of sp³-hybridized carbons (Fsp3) is 0.418. The monoisotopic (exact) mass is 1060 g/mol. The number of nitrogens with zero attached hydrogens (tertiary/aromatic N) is 1. The Morgan fingerprint density at radius 1 is 0.600 bits per heavy atom. The number of unbranched alkanes of at least 4 members (excludes halogenated alkanes) is 1. The molecule has 4 aromatic rings. The zero-order valence-corrected chi connectivity index (χ0v) is 44.9. The number of rotatable bonds is 20. The first-order valence-electron chi connectivity index (χ1n) is 24.2. The zero-order valence-electron chi connectivity index (χ0n) is 44.2. The van der Waals surface area contributed by atoms with Gasteiger partial charge in [-0.1, -0.05) is 60.1 Å². The van der Waals surface area contributed by atoms with Crippen LogP contribution in [0.3, 0.4) is 0 Å². The summed E-state index contributed by atoms with van der Waals surface area (Å²) in [4.78, 5) is 107. The number of nitrogens with one attached hydrogen (secondary N) is 4. The number of carboxylic acids is 1. The van der Waals surface area contributed by atoms with E-state index in [1.807, 2.05) is 12.1 Å². The van der Waals surface area contributed by atoms with Gasteiger partial charge in [0.25, 0.3) is 5.91 Å². The third-order valence-electron chi connectivity index (χ3n) is 10.6. The SMILES string of the molecule is C[C@H](NC(=O)[C@H](c1ccc(OC(=O)OC(C)(C)C)cc1)N(C)C(=O)[C@H](CCCCNC(=O)OC(C)(C)C)NC(=O)c1ccc(-c2ccc(Cl)cc2)cc1)C(=O)N[C@@H](Cc1ccc(OC(=O)OC(C)(C)C)cc1)C(=O)O. The van der Waals surface area contributed by atoms with Gasteiger partial charge in [-0.05, 0) is 159 Å². The van der Waals surface area contributed by atoms with Crippen LogP contribution in [-0.4, -0.2) is 107 Å². The molecular formula is C55H68ClN5O14. The molecule has 0 radical (unpaired) electrons. The molecule has 404 valence electrons. The van der Waals surface area contributed by atoms with Crippen LogP contribution in [0.5, 0.6) is 11.5 Å². The number of hydrogen-bond donors (Lipinski definition) is 5. The molecular weight excluding hydrogens is 990 g/mol. The van der Waals surface area contributed by atoms with Gasteiger partial charge in [-0.3, -0.25) is 19.2 Å². The molecule has 0 heterocycles. The van der Waals surface area contributed by atoms with Crippen molar-refractivity contribution < 1.29 is 67.1 Å². The Kier molecular flexibility index (Phi) is 21.2. The average molecular weight is 1060 g/mol. The van der Waals surface area contributed by atoms with Gasteiger partial charge in [0.2, 0.25) is 17.7 Å². The maximum atomic E-state index is 14.8. The molecule has 4 rings (SSSR count). The van der Waals surface area contributed by atoms with Crippen molar-refractivity contribution in [2.24, 2.45) is 0 Å². The van der Waals surface area contributed by atoms with E-state index in [4.69, 9.17) is 35.3 Å². The summed E-state index contributed by atoms with van der Waals surface area (Å²) >= 11 is 6.07. The second-order valence-electron chi connectivity index (χ2n) is 20.6. The number of carbonyl (C=O) groups is 8. The molecule has 0 spiro atoms. The van der Waals surface area contributed by atoms with Crippen LogP contribution >= 0.6 is 11.6 Å². The molecule has 0 unspecified atom stereocenters. The number of halogens is 1. The number of likely N-dealkylation sites (N-methyl/N-ethyl adjacent to an activating group) is 1. The molecule has 75 heavy (non-hydrogen) atoms. The number of aliphatic carboxylic acids is 1. The van der Waals surface area contributed by atoms with E-state index >= 15 is 0 Å². The van der Waals surface area contributed by atoms with Gasteiger partial charge in [-0.2, -0.15) is 0 Å². The van der Waals surface area contributed by atoms with Crippen LogP contribution in [0.25, 0.3) is 11.1 Å². The van der Waals surface area contributed by atoms with Crippen LogP contribution in [0.4, 0.5) is 14.4 Å². The quantitative estimate of drug-likeness (QED) is 0.0240. The van der Waals surface area contributed by atoms with Crippen LogP contribution in [-0.2, 0) is 39.8 Å². The van der Waals surface area contributed by atoms with E-state index in [2.05, 4.69) is 21.3 Å². The molecule has 0 bridgehead atoms. The zero-order chi connectivity index (χ0) is 55.8. The minimum atomic E-state index is -1.49. The molecule has 5 amide bonds. The van der Waals surface area contributed by atoms with Gasteiger partial charge >= 0.3 is 24.4 Å². The van der Waals surface area contributed by atoms with Gasteiger partial charge in [0.05, 0.1) is 0 Å². The standard InChI is InChI=1S/C55H68ClN5O14/c1-33(45(62)60-43(49(66)67)32-34-15-27-40(28-16-34)71-51(69)74-54(5,6)7)58-47(64)44(37-23-29-41(30-24-37)72-52(70)75-55(8,9)10)61(11)48(65)42(14-12-13-31-57-50(68)73-53(2,3)4)59-46(63)38-19-17-35(18-20-38)36-21-25-39(56)26-22-36/h15-30,33,42-44H,12-14,31-32H2,1-11H3,(H,57,68)(H,58,64)(H,59,63)(H,60,62)(H,66,67)/t33-,42-,43-,44-/m0/s1. The summed E-state index contributed by atoms with van der Waals surface area (Å²) in [5.74, 6) is -4.23. The minimum absolute atomic E-state index is 0.0472. The molecule has 0 aromatic heterocycles. The van der Waals surface area contributed by atoms with Crippen molar-refractivity contribution in [3.63, 3.8) is 0 Å². The molecule has 0 aliphatic heterocycles. The number of benzene rings is 4. The normalized spacial score (nSPS) is 13.1. The van der Waals surface area contributed by atoms with Crippen LogP contribution in [0.2, 0.25) is 5.02 Å². The molecule has 4 aromatic carbocycles. The Morgan fingerprint density at radius 3 is 1.59 bits per heavy atom. The van der Waals surface area contributed by atoms with Crippen LogP contribution in [0.1, 0.15) is 116 Å². The largest absolute Gasteiger partial charge is 0.514 e. The fourth-order valence-electron chi connectivity index (χ4n) is 7.09. The van der Waals surface area contributed by atoms with Crippen molar-refractivity contribution >= 4 is 59.6 Å². The molecule has 0 saturated carbocycles. The second-order valence-corrected chi connectivity index (χ2v) is 21.0. The molecule has 19 nitrogen and oxygen atoms in total. The predicted molar refractivity (Wildman–Crippen MR) is 279 cm³/mol. The van der Waals surface area contributed by atoms with Gasteiger partial charge in [0.15, 0.2) is 0 Å². The summed E-state index contributed by atoms with van der Waals surface area (Å²) in [5.41, 5.74) is 0.192. The molecule has 20 heteroatoms. The van der Waals surface area contributed by atoms with Gasteiger partial charge in [-0.25, -0.2) is 19.2 Å². The fourth-order valence-corrected chi connectivity index (χ4v) is 7.22. The van der Waals surface area contributed by atoms with E-state index in [1.54, 1.807) is 98.7 Å². The minimum Gasteiger partial charge on any atom is -0.480 e. The smallest absolute Gasteiger partial charge is 0.480 e. The van der Waals surface area contributed by atoms with Crippen LogP contribution in [0.15, 0.2) is 97.1 Å². The second kappa shape index (κ2) is 26.5. The Hall–Kier alpha value is -7.67. The predicted octanol–water partition coefficient (Wildman–Crippen LogP) is 8.94. The molecule has 0 saturated heterocycles. The Bertz CT molecular complexity index is 2620. The Labute approximate surface area is 442 Å². The highest BCUT2D eigenvalue weighted by atomic mass is 35.5. The Balaban J connectivity index is 1.60. The first-order valence-corrected chi connectivity index (χ1v) is 24.6. The first-order chi connectivity index (χ1) is 35.0. The average Bonchev–Trinajstić information content (AvgIpc) is 3.30. The summed E-state index contributed by atoms with van der Waals surface area (Å²) in [6, 6.07) is 19.8. The van der Waals surface area contributed by atoms with Crippen LogP contribution in [0, 0.1) is 0 Å². The third kappa shape index (κ3) is 20.6. The summed E-state index contributed by atoms with van der Waals surface area (Å²) < 4.78 is 26.3. The van der Waals surface area contributed by atoms with Gasteiger partial charge < -0.3 is 55.0 Å². The first kappa shape index (κ1) is 59.9. The number of carbonyl (C=O) groups excluding carboxylic acids is 7.